The zero-order chi connectivity index (χ0) is 12.8. The smallest absolute Gasteiger partial charge is 0.251 e. The first kappa shape index (κ1) is 13.7. The molecule has 1 aromatic carbocycles. The lowest BCUT2D eigenvalue weighted by Gasteiger charge is -2.20. The zero-order valence-electron chi connectivity index (χ0n) is 10.9. The van der Waals surface area contributed by atoms with Crippen LogP contribution in [0.15, 0.2) is 24.3 Å². The molecule has 0 radical (unpaired) electrons. The maximum Gasteiger partial charge on any atom is 0.251 e. The summed E-state index contributed by atoms with van der Waals surface area (Å²) in [6, 6.07) is 7.69. The van der Waals surface area contributed by atoms with Gasteiger partial charge in [0.15, 0.2) is 0 Å². The van der Waals surface area contributed by atoms with E-state index in [4.69, 9.17) is 5.73 Å². The summed E-state index contributed by atoms with van der Waals surface area (Å²) in [5.74, 6) is 0.433. The van der Waals surface area contributed by atoms with Crippen molar-refractivity contribution in [2.45, 2.75) is 39.8 Å². The summed E-state index contributed by atoms with van der Waals surface area (Å²) < 4.78 is 0. The van der Waals surface area contributed by atoms with E-state index in [1.807, 2.05) is 24.3 Å². The summed E-state index contributed by atoms with van der Waals surface area (Å²) in [4.78, 5) is 12.0. The minimum atomic E-state index is -0.0131. The summed E-state index contributed by atoms with van der Waals surface area (Å²) >= 11 is 0. The van der Waals surface area contributed by atoms with Crippen LogP contribution in [-0.2, 0) is 6.54 Å². The van der Waals surface area contributed by atoms with Crippen molar-refractivity contribution in [1.29, 1.82) is 0 Å². The topological polar surface area (TPSA) is 55.1 Å². The molecule has 0 aliphatic heterocycles. The normalized spacial score (nSPS) is 12.5. The Morgan fingerprint density at radius 3 is 2.65 bits per heavy atom. The summed E-state index contributed by atoms with van der Waals surface area (Å²) in [7, 11) is 0. The summed E-state index contributed by atoms with van der Waals surface area (Å²) in [6.45, 7) is 6.78. The van der Waals surface area contributed by atoms with Crippen LogP contribution in [0.3, 0.4) is 0 Å². The van der Waals surface area contributed by atoms with Crippen LogP contribution in [-0.4, -0.2) is 11.9 Å². The Morgan fingerprint density at radius 1 is 1.41 bits per heavy atom. The lowest BCUT2D eigenvalue weighted by atomic mass is 10.0. The molecule has 94 valence electrons. The second-order valence-electron chi connectivity index (χ2n) is 4.64. The predicted octanol–water partition coefficient (Wildman–Crippen LogP) is 2.31. The van der Waals surface area contributed by atoms with Gasteiger partial charge in [0.05, 0.1) is 0 Å². The molecule has 1 unspecified atom stereocenters. The van der Waals surface area contributed by atoms with Gasteiger partial charge >= 0.3 is 0 Å². The molecule has 0 spiro atoms. The van der Waals surface area contributed by atoms with E-state index in [1.165, 1.54) is 0 Å². The molecule has 1 rings (SSSR count). The molecule has 1 amide bonds. The quantitative estimate of drug-likeness (QED) is 0.821. The molecule has 1 atom stereocenters. The lowest BCUT2D eigenvalue weighted by Crippen LogP contribution is -2.38. The largest absolute Gasteiger partial charge is 0.349 e. The summed E-state index contributed by atoms with van der Waals surface area (Å²) in [5.41, 5.74) is 7.23. The summed E-state index contributed by atoms with van der Waals surface area (Å²) in [6.07, 6.45) is 0.944. The van der Waals surface area contributed by atoms with Gasteiger partial charge in [-0.1, -0.05) is 32.9 Å². The fourth-order valence-electron chi connectivity index (χ4n) is 1.83. The fraction of sp³-hybridized carbons (Fsp3) is 0.500. The van der Waals surface area contributed by atoms with E-state index in [0.717, 1.165) is 12.0 Å². The van der Waals surface area contributed by atoms with E-state index >= 15 is 0 Å². The van der Waals surface area contributed by atoms with Crippen LogP contribution in [0.4, 0.5) is 0 Å². The molecule has 0 saturated carbocycles. The first-order valence-corrected chi connectivity index (χ1v) is 6.18. The van der Waals surface area contributed by atoms with Gasteiger partial charge in [-0.3, -0.25) is 4.79 Å². The molecule has 3 heteroatoms. The molecule has 0 saturated heterocycles. The average molecular weight is 234 g/mol. The Kier molecular flexibility index (Phi) is 5.16. The third-order valence-corrected chi connectivity index (χ3v) is 2.99. The van der Waals surface area contributed by atoms with Crippen LogP contribution in [0.5, 0.6) is 0 Å². The molecule has 0 bridgehead atoms. The molecular weight excluding hydrogens is 212 g/mol. The molecule has 1 aromatic rings. The molecule has 17 heavy (non-hydrogen) atoms. The number of amides is 1. The SMILES string of the molecule is CCC(NC(=O)c1cccc(CN)c1)C(C)C. The van der Waals surface area contributed by atoms with E-state index in [9.17, 15) is 4.79 Å². The second kappa shape index (κ2) is 6.40. The molecule has 0 aromatic heterocycles. The van der Waals surface area contributed by atoms with E-state index in [-0.39, 0.29) is 11.9 Å². The number of nitrogens with two attached hydrogens (primary N) is 1. The van der Waals surface area contributed by atoms with Gasteiger partial charge in [-0.25, -0.2) is 0 Å². The van der Waals surface area contributed by atoms with Gasteiger partial charge in [0.1, 0.15) is 0 Å². The lowest BCUT2D eigenvalue weighted by molar-refractivity contribution is 0.0924. The minimum Gasteiger partial charge on any atom is -0.349 e. The van der Waals surface area contributed by atoms with E-state index in [0.29, 0.717) is 18.0 Å². The third-order valence-electron chi connectivity index (χ3n) is 2.99. The molecule has 0 aliphatic rings. The standard InChI is InChI=1S/C14H22N2O/c1-4-13(10(2)3)16-14(17)12-7-5-6-11(8-12)9-15/h5-8,10,13H,4,9,15H2,1-3H3,(H,16,17). The zero-order valence-corrected chi connectivity index (χ0v) is 10.9. The highest BCUT2D eigenvalue weighted by Crippen LogP contribution is 2.09. The van der Waals surface area contributed by atoms with E-state index < -0.39 is 0 Å². The van der Waals surface area contributed by atoms with E-state index in [2.05, 4.69) is 26.1 Å². The Labute approximate surface area is 103 Å². The number of nitrogens with one attached hydrogen (secondary N) is 1. The van der Waals surface area contributed by atoms with Gasteiger partial charge in [0.25, 0.3) is 5.91 Å². The maximum absolute atomic E-state index is 12.0. The van der Waals surface area contributed by atoms with Crippen molar-refractivity contribution in [2.75, 3.05) is 0 Å². The Bertz CT molecular complexity index is 374. The van der Waals surface area contributed by atoms with Crippen molar-refractivity contribution in [1.82, 2.24) is 5.32 Å². The monoisotopic (exact) mass is 234 g/mol. The molecular formula is C14H22N2O. The first-order valence-electron chi connectivity index (χ1n) is 6.18. The number of hydrogen-bond acceptors (Lipinski definition) is 2. The number of carbonyl (C=O) groups excluding carboxylic acids is 1. The van der Waals surface area contributed by atoms with Gasteiger partial charge in [-0.15, -0.1) is 0 Å². The second-order valence-corrected chi connectivity index (χ2v) is 4.64. The van der Waals surface area contributed by atoms with Crippen molar-refractivity contribution < 1.29 is 4.79 Å². The van der Waals surface area contributed by atoms with Crippen LogP contribution >= 0.6 is 0 Å². The summed E-state index contributed by atoms with van der Waals surface area (Å²) in [5, 5.41) is 3.05. The van der Waals surface area contributed by atoms with Crippen molar-refractivity contribution in [2.24, 2.45) is 11.7 Å². The molecule has 0 fully saturated rings. The van der Waals surface area contributed by atoms with Gasteiger partial charge < -0.3 is 11.1 Å². The van der Waals surface area contributed by atoms with Crippen LogP contribution in [0, 0.1) is 5.92 Å². The van der Waals surface area contributed by atoms with Crippen LogP contribution in [0.2, 0.25) is 0 Å². The Balaban J connectivity index is 2.75. The van der Waals surface area contributed by atoms with Gasteiger partial charge in [0, 0.05) is 18.2 Å². The highest BCUT2D eigenvalue weighted by Gasteiger charge is 2.15. The maximum atomic E-state index is 12.0. The number of rotatable bonds is 5. The van der Waals surface area contributed by atoms with E-state index in [1.54, 1.807) is 0 Å². The number of benzene rings is 1. The van der Waals surface area contributed by atoms with Crippen LogP contribution in [0.25, 0.3) is 0 Å². The molecule has 3 nitrogen and oxygen atoms in total. The van der Waals surface area contributed by atoms with Gasteiger partial charge in [0.2, 0.25) is 0 Å². The highest BCUT2D eigenvalue weighted by atomic mass is 16.1. The first-order chi connectivity index (χ1) is 8.08. The predicted molar refractivity (Wildman–Crippen MR) is 70.7 cm³/mol. The molecule has 0 heterocycles. The number of hydrogen-bond donors (Lipinski definition) is 2. The Morgan fingerprint density at radius 2 is 2.12 bits per heavy atom. The number of carbonyl (C=O) groups is 1. The fourth-order valence-corrected chi connectivity index (χ4v) is 1.83. The van der Waals surface area contributed by atoms with Crippen molar-refractivity contribution in [3.05, 3.63) is 35.4 Å². The van der Waals surface area contributed by atoms with Crippen molar-refractivity contribution >= 4 is 5.91 Å². The molecule has 3 N–H and O–H groups in total. The van der Waals surface area contributed by atoms with Crippen molar-refractivity contribution in [3.8, 4) is 0 Å². The highest BCUT2D eigenvalue weighted by molar-refractivity contribution is 5.94. The molecule has 0 aliphatic carbocycles. The Hall–Kier alpha value is -1.35. The third kappa shape index (κ3) is 3.86. The van der Waals surface area contributed by atoms with Gasteiger partial charge in [-0.05, 0) is 30.0 Å². The van der Waals surface area contributed by atoms with Crippen molar-refractivity contribution in [3.63, 3.8) is 0 Å². The average Bonchev–Trinajstić information content (AvgIpc) is 2.35. The minimum absolute atomic E-state index is 0.0131. The van der Waals surface area contributed by atoms with Crippen LogP contribution < -0.4 is 11.1 Å². The van der Waals surface area contributed by atoms with Gasteiger partial charge in [-0.2, -0.15) is 0 Å². The van der Waals surface area contributed by atoms with Crippen LogP contribution in [0.1, 0.15) is 43.1 Å².